The van der Waals surface area contributed by atoms with E-state index in [1.165, 1.54) is 12.1 Å². The normalized spacial score (nSPS) is 32.5. The summed E-state index contributed by atoms with van der Waals surface area (Å²) in [7, 11) is 1.32. The first kappa shape index (κ1) is 13.3. The molecule has 0 aliphatic carbocycles. The van der Waals surface area contributed by atoms with Crippen LogP contribution in [0.2, 0.25) is 0 Å². The maximum atomic E-state index is 12.3. The summed E-state index contributed by atoms with van der Waals surface area (Å²) in [6.07, 6.45) is 2.57. The Morgan fingerprint density at radius 3 is 2.94 bits per heavy atom. The third-order valence-electron chi connectivity index (χ3n) is 3.68. The van der Waals surface area contributed by atoms with Gasteiger partial charge in [-0.3, -0.25) is 9.80 Å². The molecule has 102 valence electrons. The van der Waals surface area contributed by atoms with Crippen LogP contribution in [0, 0.1) is 0 Å². The lowest BCUT2D eigenvalue weighted by Crippen LogP contribution is -2.54. The average Bonchev–Trinajstić information content (AvgIpc) is 2.61. The quantitative estimate of drug-likeness (QED) is 0.715. The first-order chi connectivity index (χ1) is 8.53. The zero-order chi connectivity index (χ0) is 13.3. The van der Waals surface area contributed by atoms with E-state index < -0.39 is 17.6 Å². The number of ether oxygens (including phenoxy) is 1. The molecule has 2 atom stereocenters. The molecule has 2 aliphatic heterocycles. The van der Waals surface area contributed by atoms with Crippen LogP contribution in [0.15, 0.2) is 0 Å². The highest BCUT2D eigenvalue weighted by atomic mass is 16.5. The largest absolute Gasteiger partial charge is 0.467 e. The molecule has 0 aromatic heterocycles. The Morgan fingerprint density at radius 1 is 1.61 bits per heavy atom. The number of methoxy groups -OCH3 is 1. The molecule has 2 aliphatic rings. The molecule has 0 radical (unpaired) electrons. The van der Waals surface area contributed by atoms with Crippen LogP contribution >= 0.6 is 0 Å². The number of esters is 1. The molecule has 1 amide bonds. The summed E-state index contributed by atoms with van der Waals surface area (Å²) in [6.45, 7) is 2.91. The van der Waals surface area contributed by atoms with Crippen molar-refractivity contribution in [1.29, 1.82) is 0 Å². The third-order valence-corrected chi connectivity index (χ3v) is 3.68. The number of hydrazine groups is 1. The van der Waals surface area contributed by atoms with Crippen molar-refractivity contribution < 1.29 is 19.4 Å². The van der Waals surface area contributed by atoms with E-state index in [1.54, 1.807) is 5.01 Å². The highest BCUT2D eigenvalue weighted by Gasteiger charge is 2.54. The van der Waals surface area contributed by atoms with Crippen LogP contribution in [-0.2, 0) is 14.3 Å². The SMILES string of the molecule is CCC[C@@]1(O)CN2CCC[C@@H](C(=O)OC)N2C1=O. The van der Waals surface area contributed by atoms with E-state index >= 15 is 0 Å². The van der Waals surface area contributed by atoms with E-state index in [0.717, 1.165) is 12.8 Å². The number of hydrogen-bond donors (Lipinski definition) is 1. The van der Waals surface area contributed by atoms with E-state index in [9.17, 15) is 14.7 Å². The Hall–Kier alpha value is -1.14. The Morgan fingerprint density at radius 2 is 2.33 bits per heavy atom. The zero-order valence-electron chi connectivity index (χ0n) is 10.9. The van der Waals surface area contributed by atoms with Crippen LogP contribution in [0.25, 0.3) is 0 Å². The number of rotatable bonds is 3. The predicted molar refractivity (Wildman–Crippen MR) is 63.3 cm³/mol. The second-order valence-electron chi connectivity index (χ2n) is 5.00. The van der Waals surface area contributed by atoms with Crippen LogP contribution in [0.1, 0.15) is 32.6 Å². The Labute approximate surface area is 106 Å². The zero-order valence-corrected chi connectivity index (χ0v) is 10.9. The van der Waals surface area contributed by atoms with Gasteiger partial charge in [-0.1, -0.05) is 13.3 Å². The van der Waals surface area contributed by atoms with Crippen molar-refractivity contribution in [2.24, 2.45) is 0 Å². The minimum Gasteiger partial charge on any atom is -0.467 e. The van der Waals surface area contributed by atoms with Crippen LogP contribution in [0.3, 0.4) is 0 Å². The number of nitrogens with zero attached hydrogens (tertiary/aromatic N) is 2. The van der Waals surface area contributed by atoms with Crippen LogP contribution in [-0.4, -0.2) is 58.8 Å². The molecular formula is C12H20N2O4. The number of carbonyl (C=O) groups excluding carboxylic acids is 2. The number of amides is 1. The molecule has 2 heterocycles. The molecule has 0 saturated carbocycles. The van der Waals surface area contributed by atoms with Crippen molar-refractivity contribution in [2.75, 3.05) is 20.2 Å². The summed E-state index contributed by atoms with van der Waals surface area (Å²) >= 11 is 0. The molecule has 2 rings (SSSR count). The van der Waals surface area contributed by atoms with Crippen molar-refractivity contribution in [1.82, 2.24) is 10.0 Å². The molecule has 0 spiro atoms. The van der Waals surface area contributed by atoms with Crippen LogP contribution in [0.5, 0.6) is 0 Å². The number of carbonyl (C=O) groups is 2. The average molecular weight is 256 g/mol. The number of fused-ring (bicyclic) bond motifs is 1. The summed E-state index contributed by atoms with van der Waals surface area (Å²) < 4.78 is 4.73. The highest BCUT2D eigenvalue weighted by Crippen LogP contribution is 2.32. The molecular weight excluding hydrogens is 236 g/mol. The molecule has 1 N–H and O–H groups in total. The van der Waals surface area contributed by atoms with Crippen molar-refractivity contribution in [2.45, 2.75) is 44.2 Å². The highest BCUT2D eigenvalue weighted by molar-refractivity contribution is 5.91. The standard InChI is InChI=1S/C12H20N2O4/c1-3-6-12(17)8-13-7-4-5-9(10(15)18-2)14(13)11(12)16/h9,17H,3-8H2,1-2H3/t9-,12+/m0/s1. The Kier molecular flexibility index (Phi) is 3.59. The molecule has 0 aromatic carbocycles. The first-order valence-electron chi connectivity index (χ1n) is 6.42. The fraction of sp³-hybridized carbons (Fsp3) is 0.833. The predicted octanol–water partition coefficient (Wildman–Crippen LogP) is -0.0878. The van der Waals surface area contributed by atoms with Gasteiger partial charge in [-0.05, 0) is 19.3 Å². The second kappa shape index (κ2) is 4.85. The van der Waals surface area contributed by atoms with Gasteiger partial charge in [0, 0.05) is 6.54 Å². The summed E-state index contributed by atoms with van der Waals surface area (Å²) in [4.78, 5) is 24.0. The second-order valence-corrected chi connectivity index (χ2v) is 5.00. The van der Waals surface area contributed by atoms with Crippen molar-refractivity contribution >= 4 is 11.9 Å². The third kappa shape index (κ3) is 1.99. The fourth-order valence-corrected chi connectivity index (χ4v) is 2.86. The maximum absolute atomic E-state index is 12.3. The van der Waals surface area contributed by atoms with Gasteiger partial charge in [-0.15, -0.1) is 0 Å². The van der Waals surface area contributed by atoms with Gasteiger partial charge in [-0.2, -0.15) is 0 Å². The van der Waals surface area contributed by atoms with E-state index in [1.807, 2.05) is 6.92 Å². The molecule has 0 bridgehead atoms. The van der Waals surface area contributed by atoms with Gasteiger partial charge in [0.05, 0.1) is 13.7 Å². The van der Waals surface area contributed by atoms with Crippen molar-refractivity contribution in [3.8, 4) is 0 Å². The van der Waals surface area contributed by atoms with Gasteiger partial charge < -0.3 is 9.84 Å². The van der Waals surface area contributed by atoms with Gasteiger partial charge in [-0.25, -0.2) is 9.80 Å². The van der Waals surface area contributed by atoms with Crippen molar-refractivity contribution in [3.05, 3.63) is 0 Å². The van der Waals surface area contributed by atoms with Gasteiger partial charge >= 0.3 is 5.97 Å². The maximum Gasteiger partial charge on any atom is 0.330 e. The summed E-state index contributed by atoms with van der Waals surface area (Å²) in [5.74, 6) is -0.770. The summed E-state index contributed by atoms with van der Waals surface area (Å²) in [6, 6.07) is -0.581. The summed E-state index contributed by atoms with van der Waals surface area (Å²) in [5, 5.41) is 13.6. The fourth-order valence-electron chi connectivity index (χ4n) is 2.86. The van der Waals surface area contributed by atoms with E-state index in [2.05, 4.69) is 0 Å². The number of hydrogen-bond acceptors (Lipinski definition) is 5. The van der Waals surface area contributed by atoms with Gasteiger partial charge in [0.15, 0.2) is 5.60 Å². The van der Waals surface area contributed by atoms with Gasteiger partial charge in [0.1, 0.15) is 6.04 Å². The molecule has 18 heavy (non-hydrogen) atoms. The minimum atomic E-state index is -1.34. The van der Waals surface area contributed by atoms with Crippen LogP contribution in [0.4, 0.5) is 0 Å². The Bertz CT molecular complexity index is 360. The molecule has 0 aromatic rings. The molecule has 0 unspecified atom stereocenters. The molecule has 2 saturated heterocycles. The van der Waals surface area contributed by atoms with E-state index in [0.29, 0.717) is 19.4 Å². The molecule has 6 heteroatoms. The lowest BCUT2D eigenvalue weighted by Gasteiger charge is -2.37. The number of aliphatic hydroxyl groups is 1. The lowest BCUT2D eigenvalue weighted by molar-refractivity contribution is -0.169. The Balaban J connectivity index is 2.23. The van der Waals surface area contributed by atoms with Gasteiger partial charge in [0.2, 0.25) is 0 Å². The minimum absolute atomic E-state index is 0.285. The molecule has 6 nitrogen and oxygen atoms in total. The topological polar surface area (TPSA) is 70.1 Å². The van der Waals surface area contributed by atoms with Gasteiger partial charge in [0.25, 0.3) is 5.91 Å². The lowest BCUT2D eigenvalue weighted by atomic mass is 9.98. The van der Waals surface area contributed by atoms with E-state index in [4.69, 9.17) is 4.74 Å². The first-order valence-corrected chi connectivity index (χ1v) is 6.42. The summed E-state index contributed by atoms with van der Waals surface area (Å²) in [5.41, 5.74) is -1.34. The monoisotopic (exact) mass is 256 g/mol. The van der Waals surface area contributed by atoms with E-state index in [-0.39, 0.29) is 12.5 Å². The molecule has 2 fully saturated rings. The van der Waals surface area contributed by atoms with Crippen LogP contribution < -0.4 is 0 Å². The van der Waals surface area contributed by atoms with Crippen molar-refractivity contribution in [3.63, 3.8) is 0 Å². The smallest absolute Gasteiger partial charge is 0.330 e.